The van der Waals surface area contributed by atoms with Crippen LogP contribution in [0.2, 0.25) is 0 Å². The van der Waals surface area contributed by atoms with Crippen molar-refractivity contribution in [1.29, 1.82) is 0 Å². The first-order valence-corrected chi connectivity index (χ1v) is 19.1. The van der Waals surface area contributed by atoms with Gasteiger partial charge in [-0.2, -0.15) is 0 Å². The summed E-state index contributed by atoms with van der Waals surface area (Å²) in [5.41, 5.74) is 11.0. The van der Waals surface area contributed by atoms with Crippen molar-refractivity contribution >= 4 is 76.1 Å². The lowest BCUT2D eigenvalue weighted by atomic mass is 9.96. The second-order valence-electron chi connectivity index (χ2n) is 14.6. The number of benzene rings is 9. The van der Waals surface area contributed by atoms with Crippen molar-refractivity contribution < 1.29 is 0 Å². The maximum Gasteiger partial charge on any atom is 0.235 e. The van der Waals surface area contributed by atoms with Crippen LogP contribution in [0.1, 0.15) is 0 Å². The zero-order valence-corrected chi connectivity index (χ0v) is 30.3. The summed E-state index contributed by atoms with van der Waals surface area (Å²) in [6.07, 6.45) is 0. The molecule has 260 valence electrons. The van der Waals surface area contributed by atoms with E-state index in [0.717, 1.165) is 44.3 Å². The molecule has 3 heterocycles. The fraction of sp³-hybridized carbons (Fsp3) is 0. The summed E-state index contributed by atoms with van der Waals surface area (Å²) in [6.45, 7) is 0. The summed E-state index contributed by atoms with van der Waals surface area (Å²) in [4.78, 5) is 10.9. The number of para-hydroxylation sites is 3. The highest BCUT2D eigenvalue weighted by Crippen LogP contribution is 2.40. The van der Waals surface area contributed by atoms with Crippen LogP contribution in [0.25, 0.3) is 110 Å². The van der Waals surface area contributed by atoms with Gasteiger partial charge in [0.1, 0.15) is 0 Å². The van der Waals surface area contributed by atoms with Gasteiger partial charge in [-0.25, -0.2) is 9.97 Å². The summed E-state index contributed by atoms with van der Waals surface area (Å²) in [5.74, 6) is 0.657. The lowest BCUT2D eigenvalue weighted by molar-refractivity contribution is 1.01. The number of hydrogen-bond acceptors (Lipinski definition) is 2. The van der Waals surface area contributed by atoms with E-state index in [9.17, 15) is 0 Å². The molecule has 0 fully saturated rings. The fourth-order valence-electron chi connectivity index (χ4n) is 8.99. The van der Waals surface area contributed by atoms with Gasteiger partial charge >= 0.3 is 0 Å². The van der Waals surface area contributed by atoms with E-state index in [4.69, 9.17) is 9.97 Å². The minimum absolute atomic E-state index is 0.657. The second kappa shape index (κ2) is 12.0. The Hall–Kier alpha value is -7.56. The molecule has 12 aromatic rings. The molecule has 0 saturated heterocycles. The highest BCUT2D eigenvalue weighted by atomic mass is 15.2. The van der Waals surface area contributed by atoms with Crippen molar-refractivity contribution in [3.05, 3.63) is 194 Å². The molecule has 12 rings (SSSR count). The lowest BCUT2D eigenvalue weighted by Crippen LogP contribution is -2.04. The van der Waals surface area contributed by atoms with E-state index in [1.54, 1.807) is 0 Å². The number of aromatic nitrogens is 4. The van der Waals surface area contributed by atoms with Crippen LogP contribution in [0, 0.1) is 0 Å². The molecule has 0 radical (unpaired) electrons. The molecule has 0 amide bonds. The average Bonchev–Trinajstić information content (AvgIpc) is 3.78. The molecule has 0 aliphatic rings. The number of nitrogens with zero attached hydrogens (tertiary/aromatic N) is 4. The van der Waals surface area contributed by atoms with Crippen LogP contribution in [-0.4, -0.2) is 19.1 Å². The summed E-state index contributed by atoms with van der Waals surface area (Å²) in [6, 6.07) is 69.6. The largest absolute Gasteiger partial charge is 0.309 e. The Morgan fingerprint density at radius 1 is 0.339 bits per heavy atom. The van der Waals surface area contributed by atoms with Gasteiger partial charge in [-0.05, 0) is 87.3 Å². The maximum atomic E-state index is 5.53. The third-order valence-corrected chi connectivity index (χ3v) is 11.5. The van der Waals surface area contributed by atoms with Crippen LogP contribution in [0.4, 0.5) is 0 Å². The predicted octanol–water partition coefficient (Wildman–Crippen LogP) is 13.5. The zero-order chi connectivity index (χ0) is 36.7. The number of hydrogen-bond donors (Lipinski definition) is 0. The third-order valence-electron chi connectivity index (χ3n) is 11.5. The van der Waals surface area contributed by atoms with Crippen LogP contribution in [0.5, 0.6) is 0 Å². The molecule has 0 unspecified atom stereocenters. The molecular weight excluding hydrogens is 681 g/mol. The molecule has 9 aromatic carbocycles. The average molecular weight is 713 g/mol. The molecule has 0 spiro atoms. The maximum absolute atomic E-state index is 5.53. The van der Waals surface area contributed by atoms with Crippen LogP contribution in [-0.2, 0) is 0 Å². The van der Waals surface area contributed by atoms with E-state index < -0.39 is 0 Å². The lowest BCUT2D eigenvalue weighted by Gasteiger charge is -2.15. The molecule has 0 bridgehead atoms. The SMILES string of the molecule is c1ccc(-n2c3ccccc3c3cc(-c4ccc5c(c4)c4ccccc4n5-c4nc(-c5cccc6ccccc56)c5c(ccc6ccccc65)n4)ccc32)cc1. The molecule has 4 heteroatoms. The molecule has 0 atom stereocenters. The van der Waals surface area contributed by atoms with Gasteiger partial charge in [-0.15, -0.1) is 0 Å². The van der Waals surface area contributed by atoms with Crippen LogP contribution < -0.4 is 0 Å². The van der Waals surface area contributed by atoms with E-state index in [-0.39, 0.29) is 0 Å². The van der Waals surface area contributed by atoms with Crippen molar-refractivity contribution in [1.82, 2.24) is 19.1 Å². The van der Waals surface area contributed by atoms with Gasteiger partial charge in [0, 0.05) is 38.2 Å². The number of fused-ring (bicyclic) bond motifs is 10. The quantitative estimate of drug-likeness (QED) is 0.170. The highest BCUT2D eigenvalue weighted by Gasteiger charge is 2.20. The fourth-order valence-corrected chi connectivity index (χ4v) is 8.99. The molecule has 0 aliphatic heterocycles. The van der Waals surface area contributed by atoms with E-state index in [2.05, 4.69) is 203 Å². The zero-order valence-electron chi connectivity index (χ0n) is 30.3. The molecule has 3 aromatic heterocycles. The van der Waals surface area contributed by atoms with Gasteiger partial charge in [0.15, 0.2) is 0 Å². The Balaban J connectivity index is 1.09. The normalized spacial score (nSPS) is 11.9. The summed E-state index contributed by atoms with van der Waals surface area (Å²) in [7, 11) is 0. The van der Waals surface area contributed by atoms with E-state index in [0.29, 0.717) is 5.95 Å². The number of rotatable bonds is 4. The summed E-state index contributed by atoms with van der Waals surface area (Å²) >= 11 is 0. The first-order valence-electron chi connectivity index (χ1n) is 19.1. The van der Waals surface area contributed by atoms with Crippen molar-refractivity contribution in [3.8, 4) is 34.0 Å². The molecule has 56 heavy (non-hydrogen) atoms. The first-order chi connectivity index (χ1) is 27.8. The first kappa shape index (κ1) is 30.9. The Labute approximate surface area is 322 Å². The topological polar surface area (TPSA) is 35.6 Å². The van der Waals surface area contributed by atoms with Crippen LogP contribution in [0.15, 0.2) is 194 Å². The van der Waals surface area contributed by atoms with Crippen molar-refractivity contribution in [2.75, 3.05) is 0 Å². The Morgan fingerprint density at radius 2 is 0.875 bits per heavy atom. The Bertz CT molecular complexity index is 3530. The van der Waals surface area contributed by atoms with E-state index >= 15 is 0 Å². The smallest absolute Gasteiger partial charge is 0.235 e. The van der Waals surface area contributed by atoms with E-state index in [1.165, 1.54) is 59.9 Å². The molecule has 4 nitrogen and oxygen atoms in total. The van der Waals surface area contributed by atoms with Crippen LogP contribution >= 0.6 is 0 Å². The predicted molar refractivity (Wildman–Crippen MR) is 234 cm³/mol. The minimum Gasteiger partial charge on any atom is -0.309 e. The van der Waals surface area contributed by atoms with Gasteiger partial charge < -0.3 is 4.57 Å². The molecule has 0 N–H and O–H groups in total. The van der Waals surface area contributed by atoms with E-state index in [1.807, 2.05) is 0 Å². The van der Waals surface area contributed by atoms with Crippen molar-refractivity contribution in [3.63, 3.8) is 0 Å². The van der Waals surface area contributed by atoms with Gasteiger partial charge in [0.25, 0.3) is 0 Å². The standard InChI is InChI=1S/C52H32N4/c1-2-16-37(17-3-1)55-46-23-10-8-20-40(46)43-31-35(26-29-48(43)55)36-27-30-49-44(32-36)41-21-9-11-24-47(41)56(49)52-53-45-28-25-34-14-5-7-19-39(34)50(45)51(54-52)42-22-12-15-33-13-4-6-18-38(33)42/h1-32H. The van der Waals surface area contributed by atoms with Crippen molar-refractivity contribution in [2.45, 2.75) is 0 Å². The van der Waals surface area contributed by atoms with Gasteiger partial charge in [-0.1, -0.05) is 140 Å². The molecule has 0 aliphatic carbocycles. The minimum atomic E-state index is 0.657. The van der Waals surface area contributed by atoms with Crippen LogP contribution in [0.3, 0.4) is 0 Å². The highest BCUT2D eigenvalue weighted by molar-refractivity contribution is 6.16. The van der Waals surface area contributed by atoms with Crippen molar-refractivity contribution in [2.24, 2.45) is 0 Å². The van der Waals surface area contributed by atoms with Gasteiger partial charge in [-0.3, -0.25) is 4.57 Å². The second-order valence-corrected chi connectivity index (χ2v) is 14.6. The third kappa shape index (κ3) is 4.53. The Kier molecular flexibility index (Phi) is 6.60. The molecular formula is C52H32N4. The Morgan fingerprint density at radius 3 is 1.59 bits per heavy atom. The summed E-state index contributed by atoms with van der Waals surface area (Å²) < 4.78 is 4.61. The van der Waals surface area contributed by atoms with Gasteiger partial charge in [0.2, 0.25) is 5.95 Å². The monoisotopic (exact) mass is 712 g/mol. The summed E-state index contributed by atoms with van der Waals surface area (Å²) in [5, 5.41) is 10.6. The molecule has 0 saturated carbocycles. The van der Waals surface area contributed by atoms with Gasteiger partial charge in [0.05, 0.1) is 33.3 Å².